The smallest absolute Gasteiger partial charge is 0.301 e. The summed E-state index contributed by atoms with van der Waals surface area (Å²) in [6.45, 7) is 23.3. The molecule has 208 valence electrons. The minimum Gasteiger partial charge on any atom is -0.352 e. The highest BCUT2D eigenvalue weighted by Crippen LogP contribution is 2.49. The van der Waals surface area contributed by atoms with Crippen LogP contribution in [0.15, 0.2) is 48.6 Å². The molecular formula is C24H40N4O4S4Si. The van der Waals surface area contributed by atoms with Crippen molar-refractivity contribution in [3.05, 3.63) is 48.6 Å². The van der Waals surface area contributed by atoms with Crippen LogP contribution in [0.5, 0.6) is 0 Å². The van der Waals surface area contributed by atoms with Gasteiger partial charge in [-0.2, -0.15) is 0 Å². The SMILES string of the molecule is C=C(C)C(=O)NCCS[Si](SCCNC(=O)C(=C)C)(SCCNC(=O)C(=C)C)SCCNC(=O)C(=C)C. The summed E-state index contributed by atoms with van der Waals surface area (Å²) in [5, 5.41) is 11.5. The summed E-state index contributed by atoms with van der Waals surface area (Å²) in [6, 6.07) is 0. The number of hydrogen-bond donors (Lipinski definition) is 4. The van der Waals surface area contributed by atoms with Crippen LogP contribution in [-0.2, 0) is 19.2 Å². The Balaban J connectivity index is 5.37. The van der Waals surface area contributed by atoms with Gasteiger partial charge in [0, 0.05) is 71.5 Å². The molecule has 4 N–H and O–H groups in total. The highest BCUT2D eigenvalue weighted by molar-refractivity contribution is 8.99. The fraction of sp³-hybridized carbons (Fsp3) is 0.500. The van der Waals surface area contributed by atoms with E-state index in [-0.39, 0.29) is 23.6 Å². The zero-order chi connectivity index (χ0) is 28.4. The Labute approximate surface area is 238 Å². The lowest BCUT2D eigenvalue weighted by Gasteiger charge is -2.29. The van der Waals surface area contributed by atoms with Crippen molar-refractivity contribution in [2.45, 2.75) is 27.7 Å². The minimum atomic E-state index is -2.22. The molecule has 0 heterocycles. The maximum absolute atomic E-state index is 11.9. The Hall–Kier alpha value is -1.54. The van der Waals surface area contributed by atoms with Gasteiger partial charge in [-0.3, -0.25) is 19.2 Å². The van der Waals surface area contributed by atoms with Crippen LogP contribution in [0.4, 0.5) is 0 Å². The molecule has 13 heteroatoms. The number of hydrogen-bond acceptors (Lipinski definition) is 8. The molecule has 0 aliphatic rings. The van der Waals surface area contributed by atoms with Crippen molar-refractivity contribution in [1.82, 2.24) is 21.3 Å². The van der Waals surface area contributed by atoms with Crippen LogP contribution in [0.25, 0.3) is 0 Å². The van der Waals surface area contributed by atoms with Gasteiger partial charge in [-0.25, -0.2) is 0 Å². The fourth-order valence-electron chi connectivity index (χ4n) is 2.22. The lowest BCUT2D eigenvalue weighted by atomic mass is 10.3. The van der Waals surface area contributed by atoms with Crippen LogP contribution in [0.1, 0.15) is 27.7 Å². The number of nitrogens with one attached hydrogen (secondary N) is 4. The molecule has 0 fully saturated rings. The molecule has 0 saturated heterocycles. The van der Waals surface area contributed by atoms with Crippen molar-refractivity contribution in [3.8, 4) is 0 Å². The summed E-state index contributed by atoms with van der Waals surface area (Å²) >= 11 is 7.24. The average Bonchev–Trinajstić information content (AvgIpc) is 2.83. The van der Waals surface area contributed by atoms with Gasteiger partial charge in [-0.15, -0.1) is 44.8 Å². The summed E-state index contributed by atoms with van der Waals surface area (Å²) in [4.78, 5) is 47.6. The molecule has 0 radical (unpaired) electrons. The second kappa shape index (κ2) is 19.5. The van der Waals surface area contributed by atoms with E-state index in [2.05, 4.69) is 47.6 Å². The largest absolute Gasteiger partial charge is 0.352 e. The van der Waals surface area contributed by atoms with E-state index in [0.717, 1.165) is 0 Å². The van der Waals surface area contributed by atoms with Crippen molar-refractivity contribution in [1.29, 1.82) is 0 Å². The van der Waals surface area contributed by atoms with Crippen molar-refractivity contribution in [2.75, 3.05) is 49.2 Å². The van der Waals surface area contributed by atoms with Crippen molar-refractivity contribution < 1.29 is 19.2 Å². The molecule has 0 aromatic heterocycles. The predicted octanol–water partition coefficient (Wildman–Crippen LogP) is 3.12. The van der Waals surface area contributed by atoms with Crippen LogP contribution < -0.4 is 21.3 Å². The number of rotatable bonds is 20. The Kier molecular flexibility index (Phi) is 18.7. The normalized spacial score (nSPS) is 10.7. The van der Waals surface area contributed by atoms with Gasteiger partial charge >= 0.3 is 4.67 Å². The van der Waals surface area contributed by atoms with E-state index < -0.39 is 4.67 Å². The summed E-state index contributed by atoms with van der Waals surface area (Å²) < 4.78 is -2.22. The van der Waals surface area contributed by atoms with Crippen molar-refractivity contribution in [3.63, 3.8) is 0 Å². The van der Waals surface area contributed by atoms with Gasteiger partial charge in [0.05, 0.1) is 0 Å². The summed E-state index contributed by atoms with van der Waals surface area (Å²) in [5.74, 6) is 2.11. The summed E-state index contributed by atoms with van der Waals surface area (Å²) in [6.07, 6.45) is 0. The second-order valence-electron chi connectivity index (χ2n) is 8.04. The standard InChI is InChI=1S/C24H40N4O4S4Si/c1-17(2)21(29)25-9-13-33-37(34-14-10-26-22(30)18(3)4,35-15-11-27-23(31)19(5)6)36-16-12-28-24(32)20(7)8/h1,3,5,7,9-16H2,2,4,6,8H3,(H,25,29)(H,26,30)(H,27,31)(H,28,32). The molecule has 0 bridgehead atoms. The first-order valence-corrected chi connectivity index (χ1v) is 20.5. The molecule has 0 aliphatic carbocycles. The highest BCUT2D eigenvalue weighted by atomic mass is 32.9. The third-order valence-corrected chi connectivity index (χ3v) is 26.7. The molecule has 4 amide bonds. The molecule has 8 nitrogen and oxygen atoms in total. The first-order chi connectivity index (χ1) is 17.3. The van der Waals surface area contributed by atoms with Gasteiger partial charge < -0.3 is 21.3 Å². The summed E-state index contributed by atoms with van der Waals surface area (Å²) in [5.41, 5.74) is 1.84. The monoisotopic (exact) mass is 604 g/mol. The second-order valence-corrected chi connectivity index (χ2v) is 27.3. The first kappa shape index (κ1) is 35.5. The fourth-order valence-corrected chi connectivity index (χ4v) is 23.8. The molecule has 0 saturated carbocycles. The number of carbonyl (C=O) groups excluding carboxylic acids is 4. The highest BCUT2D eigenvalue weighted by Gasteiger charge is 2.36. The molecule has 37 heavy (non-hydrogen) atoms. The number of carbonyl (C=O) groups is 4. The van der Waals surface area contributed by atoms with E-state index in [1.54, 1.807) is 27.7 Å². The van der Waals surface area contributed by atoms with E-state index >= 15 is 0 Å². The quantitative estimate of drug-likeness (QED) is 0.0952. The molecule has 0 rings (SSSR count). The molecule has 0 spiro atoms. The van der Waals surface area contributed by atoms with Crippen molar-refractivity contribution in [2.24, 2.45) is 0 Å². The zero-order valence-electron chi connectivity index (χ0n) is 22.3. The lowest BCUT2D eigenvalue weighted by molar-refractivity contribution is -0.118. The van der Waals surface area contributed by atoms with E-state index in [1.807, 2.05) is 44.8 Å². The molecule has 0 aliphatic heterocycles. The molecular weight excluding hydrogens is 565 g/mol. The predicted molar refractivity (Wildman–Crippen MR) is 167 cm³/mol. The minimum absolute atomic E-state index is 0.173. The molecule has 0 unspecified atom stereocenters. The zero-order valence-corrected chi connectivity index (χ0v) is 26.5. The van der Waals surface area contributed by atoms with E-state index in [9.17, 15) is 19.2 Å². The van der Waals surface area contributed by atoms with Gasteiger partial charge in [0.25, 0.3) is 0 Å². The van der Waals surface area contributed by atoms with Gasteiger partial charge in [-0.1, -0.05) is 26.3 Å². The maximum Gasteiger partial charge on any atom is 0.301 e. The van der Waals surface area contributed by atoms with Gasteiger partial charge in [0.15, 0.2) is 0 Å². The van der Waals surface area contributed by atoms with Gasteiger partial charge in [0.1, 0.15) is 0 Å². The Morgan fingerprint density at radius 2 is 0.676 bits per heavy atom. The van der Waals surface area contributed by atoms with E-state index in [1.165, 1.54) is 0 Å². The van der Waals surface area contributed by atoms with Crippen LogP contribution in [0.3, 0.4) is 0 Å². The Morgan fingerprint density at radius 3 is 0.838 bits per heavy atom. The van der Waals surface area contributed by atoms with Gasteiger partial charge in [0.2, 0.25) is 23.6 Å². The number of amides is 4. The molecule has 0 aromatic carbocycles. The van der Waals surface area contributed by atoms with E-state index in [0.29, 0.717) is 71.5 Å². The lowest BCUT2D eigenvalue weighted by Crippen LogP contribution is -2.33. The molecule has 0 aromatic rings. The third-order valence-electron chi connectivity index (χ3n) is 4.22. The van der Waals surface area contributed by atoms with Crippen LogP contribution in [0, 0.1) is 0 Å². The third kappa shape index (κ3) is 16.8. The maximum atomic E-state index is 11.9. The van der Waals surface area contributed by atoms with Crippen LogP contribution in [0.2, 0.25) is 0 Å². The Bertz CT molecular complexity index is 741. The Morgan fingerprint density at radius 1 is 0.486 bits per heavy atom. The molecule has 0 atom stereocenters. The van der Waals surface area contributed by atoms with Crippen LogP contribution >= 0.6 is 44.8 Å². The summed E-state index contributed by atoms with van der Waals surface area (Å²) in [7, 11) is 0. The topological polar surface area (TPSA) is 116 Å². The van der Waals surface area contributed by atoms with E-state index in [4.69, 9.17) is 0 Å². The first-order valence-electron chi connectivity index (χ1n) is 11.6. The van der Waals surface area contributed by atoms with Gasteiger partial charge in [-0.05, 0) is 27.7 Å². The van der Waals surface area contributed by atoms with Crippen LogP contribution in [-0.4, -0.2) is 77.5 Å². The van der Waals surface area contributed by atoms with Crippen molar-refractivity contribution >= 4 is 73.1 Å². The average molecular weight is 605 g/mol.